The standard InChI is InChI=1S/C13H23N3/c1-10(14)13-12(9-15-16(13)2)11-7-5-3-4-6-8-11/h9-11H,3-8,14H2,1-2H3. The van der Waals surface area contributed by atoms with E-state index in [0.717, 1.165) is 0 Å². The summed E-state index contributed by atoms with van der Waals surface area (Å²) < 4.78 is 1.95. The Bertz CT molecular complexity index is 333. The van der Waals surface area contributed by atoms with Crippen LogP contribution in [0.25, 0.3) is 0 Å². The van der Waals surface area contributed by atoms with E-state index >= 15 is 0 Å². The van der Waals surface area contributed by atoms with Crippen molar-refractivity contribution >= 4 is 0 Å². The van der Waals surface area contributed by atoms with Crippen molar-refractivity contribution in [3.05, 3.63) is 17.5 Å². The van der Waals surface area contributed by atoms with Crippen molar-refractivity contribution in [2.24, 2.45) is 12.8 Å². The van der Waals surface area contributed by atoms with Gasteiger partial charge in [-0.05, 0) is 31.2 Å². The number of hydrogen-bond donors (Lipinski definition) is 1. The van der Waals surface area contributed by atoms with Gasteiger partial charge in [0.25, 0.3) is 0 Å². The molecule has 0 aliphatic heterocycles. The highest BCUT2D eigenvalue weighted by molar-refractivity contribution is 5.25. The third-order valence-electron chi connectivity index (χ3n) is 3.74. The summed E-state index contributed by atoms with van der Waals surface area (Å²) in [6, 6.07) is 0.0887. The third kappa shape index (κ3) is 2.29. The van der Waals surface area contributed by atoms with E-state index in [1.54, 1.807) is 0 Å². The first-order valence-electron chi connectivity index (χ1n) is 6.47. The van der Waals surface area contributed by atoms with Crippen LogP contribution in [0.4, 0.5) is 0 Å². The summed E-state index contributed by atoms with van der Waals surface area (Å²) >= 11 is 0. The number of rotatable bonds is 2. The quantitative estimate of drug-likeness (QED) is 0.780. The van der Waals surface area contributed by atoms with Gasteiger partial charge in [-0.25, -0.2) is 0 Å². The molecule has 3 nitrogen and oxygen atoms in total. The highest BCUT2D eigenvalue weighted by Crippen LogP contribution is 2.34. The maximum atomic E-state index is 6.04. The van der Waals surface area contributed by atoms with Gasteiger partial charge in [0.1, 0.15) is 0 Å². The highest BCUT2D eigenvalue weighted by atomic mass is 15.3. The van der Waals surface area contributed by atoms with Crippen LogP contribution in [-0.4, -0.2) is 9.78 Å². The van der Waals surface area contributed by atoms with Gasteiger partial charge < -0.3 is 5.73 Å². The van der Waals surface area contributed by atoms with E-state index in [2.05, 4.69) is 12.0 Å². The monoisotopic (exact) mass is 221 g/mol. The second kappa shape index (κ2) is 5.00. The molecule has 1 aromatic heterocycles. The zero-order valence-corrected chi connectivity index (χ0v) is 10.4. The number of nitrogens with two attached hydrogens (primary N) is 1. The molecule has 0 amide bonds. The van der Waals surface area contributed by atoms with Crippen LogP contribution >= 0.6 is 0 Å². The van der Waals surface area contributed by atoms with Crippen molar-refractivity contribution < 1.29 is 0 Å². The van der Waals surface area contributed by atoms with Crippen molar-refractivity contribution in [3.8, 4) is 0 Å². The van der Waals surface area contributed by atoms with Crippen LogP contribution in [0.3, 0.4) is 0 Å². The predicted octanol–water partition coefficient (Wildman–Crippen LogP) is 2.88. The highest BCUT2D eigenvalue weighted by Gasteiger charge is 2.21. The average Bonchev–Trinajstić information content (AvgIpc) is 2.50. The molecule has 1 aromatic rings. The van der Waals surface area contributed by atoms with E-state index in [9.17, 15) is 0 Å². The summed E-state index contributed by atoms with van der Waals surface area (Å²) in [4.78, 5) is 0. The number of aryl methyl sites for hydroxylation is 1. The minimum absolute atomic E-state index is 0.0887. The van der Waals surface area contributed by atoms with Crippen LogP contribution in [0, 0.1) is 0 Å². The van der Waals surface area contributed by atoms with E-state index in [1.165, 1.54) is 49.8 Å². The summed E-state index contributed by atoms with van der Waals surface area (Å²) in [7, 11) is 2.00. The molecule has 1 atom stereocenters. The van der Waals surface area contributed by atoms with E-state index in [-0.39, 0.29) is 6.04 Å². The molecule has 0 saturated heterocycles. The largest absolute Gasteiger partial charge is 0.323 e. The molecule has 1 heterocycles. The maximum Gasteiger partial charge on any atom is 0.0580 e. The molecular formula is C13H23N3. The Balaban J connectivity index is 2.24. The molecule has 0 aromatic carbocycles. The normalized spacial score (nSPS) is 20.7. The minimum Gasteiger partial charge on any atom is -0.323 e. The van der Waals surface area contributed by atoms with Crippen LogP contribution in [0.2, 0.25) is 0 Å². The number of nitrogens with zero attached hydrogens (tertiary/aromatic N) is 2. The summed E-state index contributed by atoms with van der Waals surface area (Å²) in [5.74, 6) is 0.692. The van der Waals surface area contributed by atoms with Gasteiger partial charge in [-0.2, -0.15) is 5.10 Å². The molecule has 2 rings (SSSR count). The van der Waals surface area contributed by atoms with Crippen LogP contribution in [0.5, 0.6) is 0 Å². The van der Waals surface area contributed by atoms with E-state index in [4.69, 9.17) is 5.73 Å². The van der Waals surface area contributed by atoms with Crippen LogP contribution in [0.1, 0.15) is 68.7 Å². The lowest BCUT2D eigenvalue weighted by molar-refractivity contribution is 0.571. The van der Waals surface area contributed by atoms with Crippen molar-refractivity contribution in [1.29, 1.82) is 0 Å². The van der Waals surface area contributed by atoms with E-state index in [0.29, 0.717) is 5.92 Å². The van der Waals surface area contributed by atoms with Crippen LogP contribution in [0.15, 0.2) is 6.20 Å². The summed E-state index contributed by atoms with van der Waals surface area (Å²) in [6.07, 6.45) is 10.2. The molecule has 0 bridgehead atoms. The smallest absolute Gasteiger partial charge is 0.0580 e. The Morgan fingerprint density at radius 2 is 1.94 bits per heavy atom. The van der Waals surface area contributed by atoms with Gasteiger partial charge >= 0.3 is 0 Å². The Labute approximate surface area is 98.0 Å². The molecule has 0 radical (unpaired) electrons. The minimum atomic E-state index is 0.0887. The van der Waals surface area contributed by atoms with Crippen LogP contribution < -0.4 is 5.73 Å². The lowest BCUT2D eigenvalue weighted by Gasteiger charge is -2.17. The van der Waals surface area contributed by atoms with E-state index < -0.39 is 0 Å². The second-order valence-corrected chi connectivity index (χ2v) is 5.09. The number of hydrogen-bond acceptors (Lipinski definition) is 2. The van der Waals surface area contributed by atoms with Gasteiger partial charge in [0.05, 0.1) is 11.9 Å². The zero-order valence-electron chi connectivity index (χ0n) is 10.4. The molecule has 1 saturated carbocycles. The molecule has 1 aliphatic carbocycles. The lowest BCUT2D eigenvalue weighted by Crippen LogP contribution is -2.14. The second-order valence-electron chi connectivity index (χ2n) is 5.09. The van der Waals surface area contributed by atoms with Gasteiger partial charge in [0.2, 0.25) is 0 Å². The predicted molar refractivity (Wildman–Crippen MR) is 66.3 cm³/mol. The van der Waals surface area contributed by atoms with Crippen molar-refractivity contribution in [1.82, 2.24) is 9.78 Å². The summed E-state index contributed by atoms with van der Waals surface area (Å²) in [5, 5.41) is 4.38. The van der Waals surface area contributed by atoms with Crippen molar-refractivity contribution in [2.45, 2.75) is 57.4 Å². The van der Waals surface area contributed by atoms with Gasteiger partial charge in [-0.3, -0.25) is 4.68 Å². The molecule has 3 heteroatoms. The topological polar surface area (TPSA) is 43.8 Å². The Kier molecular flexibility index (Phi) is 3.64. The van der Waals surface area contributed by atoms with Gasteiger partial charge in [0, 0.05) is 13.1 Å². The molecule has 0 spiro atoms. The summed E-state index contributed by atoms with van der Waals surface area (Å²) in [5.41, 5.74) is 8.68. The fourth-order valence-corrected chi connectivity index (χ4v) is 2.93. The van der Waals surface area contributed by atoms with Gasteiger partial charge in [-0.1, -0.05) is 25.7 Å². The number of aromatic nitrogens is 2. The maximum absolute atomic E-state index is 6.04. The van der Waals surface area contributed by atoms with E-state index in [1.807, 2.05) is 17.9 Å². The Morgan fingerprint density at radius 3 is 2.50 bits per heavy atom. The molecule has 1 aliphatic rings. The first kappa shape index (κ1) is 11.6. The molecular weight excluding hydrogens is 198 g/mol. The Hall–Kier alpha value is -0.830. The van der Waals surface area contributed by atoms with Gasteiger partial charge in [0.15, 0.2) is 0 Å². The average molecular weight is 221 g/mol. The molecule has 2 N–H and O–H groups in total. The first-order chi connectivity index (χ1) is 7.70. The molecule has 1 fully saturated rings. The molecule has 90 valence electrons. The summed E-state index contributed by atoms with van der Waals surface area (Å²) in [6.45, 7) is 2.05. The molecule has 16 heavy (non-hydrogen) atoms. The fourth-order valence-electron chi connectivity index (χ4n) is 2.93. The first-order valence-corrected chi connectivity index (χ1v) is 6.47. The third-order valence-corrected chi connectivity index (χ3v) is 3.74. The lowest BCUT2D eigenvalue weighted by atomic mass is 9.90. The van der Waals surface area contributed by atoms with Crippen molar-refractivity contribution in [2.75, 3.05) is 0 Å². The SMILES string of the molecule is CC(N)c1c(C2CCCCCC2)cnn1C. The van der Waals surface area contributed by atoms with Gasteiger partial charge in [-0.15, -0.1) is 0 Å². The fraction of sp³-hybridized carbons (Fsp3) is 0.769. The van der Waals surface area contributed by atoms with Crippen molar-refractivity contribution in [3.63, 3.8) is 0 Å². The Morgan fingerprint density at radius 1 is 1.31 bits per heavy atom. The zero-order chi connectivity index (χ0) is 11.5. The van der Waals surface area contributed by atoms with Crippen LogP contribution in [-0.2, 0) is 7.05 Å². The molecule has 1 unspecified atom stereocenters.